The average Bonchev–Trinajstić information content (AvgIpc) is 3.27. The summed E-state index contributed by atoms with van der Waals surface area (Å²) in [6, 6.07) is 0. The molecule has 2 heteroatoms. The quantitative estimate of drug-likeness (QED) is 0.213. The van der Waals surface area contributed by atoms with Crippen molar-refractivity contribution in [2.45, 2.75) is 120 Å². The Morgan fingerprint density at radius 2 is 1.07 bits per heavy atom. The van der Waals surface area contributed by atoms with E-state index in [1.807, 2.05) is 0 Å². The molecule has 0 aliphatic heterocycles. The first kappa shape index (κ1) is 30.0. The molecule has 0 fully saturated rings. The SMILES string of the molecule is CCCCC1=CC(C(C)(C)C)=[C-]C1.CCCCC1=CC(C(C)(C)C)=[C-]C1.C[Si](C)=[Hf+2]. The predicted octanol–water partition coefficient (Wildman–Crippen LogP) is 9.35. The molecule has 0 spiro atoms. The summed E-state index contributed by atoms with van der Waals surface area (Å²) in [7, 11) is 0. The van der Waals surface area contributed by atoms with E-state index in [-0.39, 0.29) is 16.3 Å². The molecule has 0 aromatic heterocycles. The Balaban J connectivity index is 0.000000477. The number of hydrogen-bond acceptors (Lipinski definition) is 0. The van der Waals surface area contributed by atoms with Crippen molar-refractivity contribution in [1.29, 1.82) is 0 Å². The van der Waals surface area contributed by atoms with Crippen molar-refractivity contribution in [2.24, 2.45) is 10.8 Å². The summed E-state index contributed by atoms with van der Waals surface area (Å²) in [6.07, 6.45) is 21.6. The third kappa shape index (κ3) is 14.2. The van der Waals surface area contributed by atoms with E-state index in [1.54, 1.807) is 11.1 Å². The van der Waals surface area contributed by atoms with E-state index in [0.29, 0.717) is 0 Å². The van der Waals surface area contributed by atoms with E-state index in [4.69, 9.17) is 0 Å². The number of hydrogen-bond donors (Lipinski definition) is 0. The van der Waals surface area contributed by atoms with Crippen LogP contribution in [0.2, 0.25) is 13.1 Å². The molecule has 2 rings (SSSR count). The molecule has 0 saturated heterocycles. The first-order valence-electron chi connectivity index (χ1n) is 11.9. The molecule has 168 valence electrons. The van der Waals surface area contributed by atoms with E-state index in [2.05, 4.69) is 92.8 Å². The molecular formula is C28H48HfSi. The zero-order chi connectivity index (χ0) is 23.4. The van der Waals surface area contributed by atoms with Gasteiger partial charge in [0.25, 0.3) is 0 Å². The van der Waals surface area contributed by atoms with Crippen molar-refractivity contribution in [1.82, 2.24) is 0 Å². The van der Waals surface area contributed by atoms with Crippen LogP contribution in [0.4, 0.5) is 0 Å². The van der Waals surface area contributed by atoms with Crippen LogP contribution in [0.5, 0.6) is 0 Å². The van der Waals surface area contributed by atoms with Crippen molar-refractivity contribution in [3.63, 3.8) is 0 Å². The Morgan fingerprint density at radius 1 is 0.767 bits per heavy atom. The van der Waals surface area contributed by atoms with Gasteiger partial charge in [-0.05, 0) is 23.7 Å². The normalized spacial score (nSPS) is 15.9. The van der Waals surface area contributed by atoms with Crippen LogP contribution in [0.25, 0.3) is 0 Å². The molecule has 30 heavy (non-hydrogen) atoms. The average molecular weight is 591 g/mol. The molecule has 0 bridgehead atoms. The van der Waals surface area contributed by atoms with Crippen LogP contribution in [0, 0.1) is 23.0 Å². The molecule has 0 aromatic carbocycles. The first-order chi connectivity index (χ1) is 13.8. The standard InChI is InChI=1S/2C13H21.C2H6Si.Hf/c2*1-5-6-7-11-8-9-12(10-11)13(2,3)4;1-3-2;/h2*10H,5-8H2,1-4H3;1-2H3;/q2*-1;;+2. The van der Waals surface area contributed by atoms with Gasteiger partial charge in [0.1, 0.15) is 0 Å². The summed E-state index contributed by atoms with van der Waals surface area (Å²) in [6.45, 7) is 22.7. The molecule has 0 nitrogen and oxygen atoms in total. The van der Waals surface area contributed by atoms with E-state index >= 15 is 0 Å². The predicted molar refractivity (Wildman–Crippen MR) is 134 cm³/mol. The van der Waals surface area contributed by atoms with Crippen LogP contribution in [0.3, 0.4) is 0 Å². The van der Waals surface area contributed by atoms with Crippen LogP contribution in [-0.2, 0) is 23.0 Å². The second-order valence-corrected chi connectivity index (χ2v) is 23.6. The van der Waals surface area contributed by atoms with Gasteiger partial charge in [-0.3, -0.25) is 12.2 Å². The monoisotopic (exact) mass is 592 g/mol. The molecule has 0 heterocycles. The molecule has 2 aliphatic carbocycles. The van der Waals surface area contributed by atoms with Crippen LogP contribution in [0.15, 0.2) is 34.4 Å². The van der Waals surface area contributed by atoms with Crippen LogP contribution < -0.4 is 0 Å². The summed E-state index contributed by atoms with van der Waals surface area (Å²) in [5.74, 6) is 0. The molecule has 0 unspecified atom stereocenters. The number of rotatable bonds is 6. The van der Waals surface area contributed by atoms with Crippen molar-refractivity contribution in [2.75, 3.05) is 0 Å². The molecule has 0 radical (unpaired) electrons. The summed E-state index contributed by atoms with van der Waals surface area (Å²) in [5, 5.41) is 0. The zero-order valence-electron chi connectivity index (χ0n) is 21.8. The van der Waals surface area contributed by atoms with Gasteiger partial charge in [0, 0.05) is 0 Å². The van der Waals surface area contributed by atoms with Crippen LogP contribution in [-0.4, -0.2) is 5.49 Å². The molecule has 0 aromatic rings. The summed E-state index contributed by atoms with van der Waals surface area (Å²) in [4.78, 5) is 0. The second kappa shape index (κ2) is 15.0. The van der Waals surface area contributed by atoms with Gasteiger partial charge in [0.15, 0.2) is 0 Å². The van der Waals surface area contributed by atoms with Gasteiger partial charge in [-0.25, -0.2) is 23.3 Å². The summed E-state index contributed by atoms with van der Waals surface area (Å²) < 4.78 is 0. The first-order valence-corrected chi connectivity index (χ1v) is 19.8. The molecule has 0 saturated carbocycles. The Bertz CT molecular complexity index is 589. The zero-order valence-corrected chi connectivity index (χ0v) is 26.4. The van der Waals surface area contributed by atoms with Crippen molar-refractivity contribution in [3.05, 3.63) is 46.6 Å². The molecule has 0 amide bonds. The van der Waals surface area contributed by atoms with Crippen molar-refractivity contribution >= 4 is 5.49 Å². The van der Waals surface area contributed by atoms with E-state index in [9.17, 15) is 0 Å². The van der Waals surface area contributed by atoms with Gasteiger partial charge in [-0.2, -0.15) is 11.1 Å². The van der Waals surface area contributed by atoms with Crippen LogP contribution in [0.1, 0.15) is 107 Å². The van der Waals surface area contributed by atoms with Gasteiger partial charge in [0.2, 0.25) is 0 Å². The summed E-state index contributed by atoms with van der Waals surface area (Å²) in [5.41, 5.74) is 6.79. The molecule has 0 atom stereocenters. The fourth-order valence-electron chi connectivity index (χ4n) is 3.12. The topological polar surface area (TPSA) is 0 Å². The minimum atomic E-state index is 0.259. The Kier molecular flexibility index (Phi) is 15.0. The number of allylic oxidation sites excluding steroid dienone is 8. The fourth-order valence-corrected chi connectivity index (χ4v) is 3.12. The van der Waals surface area contributed by atoms with Crippen LogP contribution >= 0.6 is 0 Å². The Morgan fingerprint density at radius 3 is 1.27 bits per heavy atom. The molecule has 2 aliphatic rings. The second-order valence-electron chi connectivity index (χ2n) is 10.8. The van der Waals surface area contributed by atoms with Crippen molar-refractivity contribution in [3.8, 4) is 0 Å². The van der Waals surface area contributed by atoms with E-state index in [0.717, 1.165) is 12.8 Å². The maximum absolute atomic E-state index is 3.48. The Labute approximate surface area is 204 Å². The Hall–Kier alpha value is 0.0470. The third-order valence-corrected chi connectivity index (χ3v) is 5.03. The maximum atomic E-state index is 3.48. The van der Waals surface area contributed by atoms with Gasteiger partial charge in [0.05, 0.1) is 0 Å². The summed E-state index contributed by atoms with van der Waals surface area (Å²) >= 11 is 1.45. The molecule has 0 N–H and O–H groups in total. The van der Waals surface area contributed by atoms with Crippen molar-refractivity contribution < 1.29 is 23.0 Å². The van der Waals surface area contributed by atoms with Gasteiger partial charge >= 0.3 is 41.6 Å². The van der Waals surface area contributed by atoms with Gasteiger partial charge < -0.3 is 0 Å². The minimum absolute atomic E-state index is 0.259. The van der Waals surface area contributed by atoms with Gasteiger partial charge in [-0.15, -0.1) is 12.8 Å². The van der Waals surface area contributed by atoms with Gasteiger partial charge in [-0.1, -0.05) is 81.1 Å². The number of unbranched alkanes of at least 4 members (excludes halogenated alkanes) is 2. The third-order valence-electron chi connectivity index (χ3n) is 5.03. The van der Waals surface area contributed by atoms with E-state index < -0.39 is 0 Å². The van der Waals surface area contributed by atoms with E-state index in [1.165, 1.54) is 72.7 Å². The molecular weight excluding hydrogens is 543 g/mol. The fraction of sp³-hybridized carbons (Fsp3) is 0.714.